The molecule has 204 valence electrons. The lowest BCUT2D eigenvalue weighted by molar-refractivity contribution is 0.0698. The van der Waals surface area contributed by atoms with Gasteiger partial charge in [-0.3, -0.25) is 14.3 Å². The molecule has 2 amide bonds. The first-order valence-corrected chi connectivity index (χ1v) is 14.7. The van der Waals surface area contributed by atoms with Gasteiger partial charge in [0.05, 0.1) is 29.3 Å². The van der Waals surface area contributed by atoms with Gasteiger partial charge in [0.25, 0.3) is 11.8 Å². The van der Waals surface area contributed by atoms with E-state index < -0.39 is 15.9 Å². The van der Waals surface area contributed by atoms with E-state index in [1.54, 1.807) is 30.3 Å². The number of sulfonamides is 1. The van der Waals surface area contributed by atoms with E-state index in [4.69, 9.17) is 10.5 Å². The topological polar surface area (TPSA) is 161 Å². The summed E-state index contributed by atoms with van der Waals surface area (Å²) in [6.45, 7) is 2.41. The lowest BCUT2D eigenvalue weighted by Gasteiger charge is -2.25. The number of nitrogens with two attached hydrogens (primary N) is 1. The van der Waals surface area contributed by atoms with E-state index in [1.165, 1.54) is 4.52 Å². The first-order chi connectivity index (χ1) is 18.5. The number of nitrogen functional groups attached to an aromatic ring is 1. The van der Waals surface area contributed by atoms with Crippen molar-refractivity contribution in [1.82, 2.24) is 19.5 Å². The van der Waals surface area contributed by atoms with Crippen LogP contribution in [-0.4, -0.2) is 71.0 Å². The molecular formula is C26H29N7O5S. The molecule has 39 heavy (non-hydrogen) atoms. The predicted octanol–water partition coefficient (Wildman–Crippen LogP) is 2.49. The third-order valence-corrected chi connectivity index (χ3v) is 8.26. The fraction of sp³-hybridized carbons (Fsp3) is 0.423. The zero-order chi connectivity index (χ0) is 27.6. The Morgan fingerprint density at radius 3 is 2.69 bits per heavy atom. The monoisotopic (exact) mass is 551 g/mol. The smallest absolute Gasteiger partial charge is 0.284 e. The van der Waals surface area contributed by atoms with Crippen LogP contribution in [-0.2, 0) is 21.3 Å². The maximum Gasteiger partial charge on any atom is 0.284 e. The molecule has 2 fully saturated rings. The molecule has 6 rings (SSSR count). The van der Waals surface area contributed by atoms with Crippen LogP contribution in [0.3, 0.4) is 0 Å². The summed E-state index contributed by atoms with van der Waals surface area (Å²) < 4.78 is 33.6. The van der Waals surface area contributed by atoms with Gasteiger partial charge < -0.3 is 15.4 Å². The number of carbonyl (C=O) groups excluding carboxylic acids is 2. The average molecular weight is 552 g/mol. The number of methoxy groups -OCH3 is 1. The van der Waals surface area contributed by atoms with Crippen molar-refractivity contribution >= 4 is 44.7 Å². The van der Waals surface area contributed by atoms with Gasteiger partial charge in [-0.05, 0) is 49.4 Å². The van der Waals surface area contributed by atoms with Gasteiger partial charge >= 0.3 is 0 Å². The molecule has 2 aliphatic carbocycles. The summed E-state index contributed by atoms with van der Waals surface area (Å²) in [4.78, 5) is 37.1. The fourth-order valence-corrected chi connectivity index (χ4v) is 5.86. The largest absolute Gasteiger partial charge is 0.381 e. The van der Waals surface area contributed by atoms with Gasteiger partial charge in [0.15, 0.2) is 11.5 Å². The van der Waals surface area contributed by atoms with Crippen molar-refractivity contribution in [3.63, 3.8) is 0 Å². The van der Waals surface area contributed by atoms with Crippen molar-refractivity contribution in [2.75, 3.05) is 23.8 Å². The van der Waals surface area contributed by atoms with Gasteiger partial charge in [-0.2, -0.15) is 0 Å². The summed E-state index contributed by atoms with van der Waals surface area (Å²) in [5.41, 5.74) is 9.47. The van der Waals surface area contributed by atoms with Gasteiger partial charge in [-0.15, -0.1) is 5.10 Å². The van der Waals surface area contributed by atoms with E-state index in [0.29, 0.717) is 47.7 Å². The van der Waals surface area contributed by atoms with E-state index in [-0.39, 0.29) is 40.8 Å². The summed E-state index contributed by atoms with van der Waals surface area (Å²) in [6.07, 6.45) is 6.07. The van der Waals surface area contributed by atoms with Crippen LogP contribution in [0.5, 0.6) is 0 Å². The Morgan fingerprint density at radius 2 is 2.03 bits per heavy atom. The van der Waals surface area contributed by atoms with E-state index >= 15 is 0 Å². The third kappa shape index (κ3) is 4.65. The molecule has 0 spiro atoms. The number of nitrogens with zero attached hydrogens (tertiary/aromatic N) is 5. The minimum atomic E-state index is -3.67. The number of nitrogens with one attached hydrogen (secondary N) is 1. The summed E-state index contributed by atoms with van der Waals surface area (Å²) in [5.74, 6) is -0.237. The zero-order valence-electron chi connectivity index (χ0n) is 21.8. The van der Waals surface area contributed by atoms with E-state index in [2.05, 4.69) is 19.8 Å². The van der Waals surface area contributed by atoms with Crippen molar-refractivity contribution in [3.8, 4) is 11.3 Å². The van der Waals surface area contributed by atoms with Crippen molar-refractivity contribution in [2.45, 2.75) is 51.3 Å². The molecule has 3 aromatic rings. The summed E-state index contributed by atoms with van der Waals surface area (Å²) in [6, 6.07) is 5.21. The van der Waals surface area contributed by atoms with Crippen molar-refractivity contribution < 1.29 is 22.7 Å². The van der Waals surface area contributed by atoms with E-state index in [0.717, 1.165) is 24.8 Å². The number of aromatic nitrogens is 3. The Balaban J connectivity index is 1.41. The molecule has 1 atom stereocenters. The minimum Gasteiger partial charge on any atom is -0.381 e. The highest BCUT2D eigenvalue weighted by atomic mass is 32.2. The van der Waals surface area contributed by atoms with E-state index in [9.17, 15) is 18.0 Å². The molecule has 1 aromatic carbocycles. The van der Waals surface area contributed by atoms with Crippen LogP contribution in [0.2, 0.25) is 0 Å². The van der Waals surface area contributed by atoms with Crippen LogP contribution in [0, 0.1) is 5.92 Å². The van der Waals surface area contributed by atoms with Gasteiger partial charge in [-0.25, -0.2) is 22.9 Å². The number of fused-ring (bicyclic) bond motifs is 2. The molecule has 13 heteroatoms. The lowest BCUT2D eigenvalue weighted by atomic mass is 9.93. The summed E-state index contributed by atoms with van der Waals surface area (Å²) >= 11 is 0. The van der Waals surface area contributed by atoms with Crippen LogP contribution in [0.15, 0.2) is 29.4 Å². The molecule has 2 saturated carbocycles. The maximum atomic E-state index is 13.4. The number of hydrogen-bond acceptors (Lipinski definition) is 8. The maximum absolute atomic E-state index is 13.4. The molecule has 3 N–H and O–H groups in total. The lowest BCUT2D eigenvalue weighted by Crippen LogP contribution is -2.34. The number of rotatable bonds is 7. The highest BCUT2D eigenvalue weighted by Gasteiger charge is 2.40. The highest BCUT2D eigenvalue weighted by molar-refractivity contribution is 7.92. The Hall–Kier alpha value is -3.84. The zero-order valence-corrected chi connectivity index (χ0v) is 22.7. The summed E-state index contributed by atoms with van der Waals surface area (Å²) in [5, 5.41) is 4.21. The normalized spacial score (nSPS) is 19.7. The average Bonchev–Trinajstić information content (AvgIpc) is 3.56. The third-order valence-electron chi connectivity index (χ3n) is 7.67. The number of benzene rings is 1. The molecule has 2 aromatic heterocycles. The highest BCUT2D eigenvalue weighted by Crippen LogP contribution is 2.41. The van der Waals surface area contributed by atoms with Crippen LogP contribution in [0.25, 0.3) is 16.9 Å². The first-order valence-electron chi connectivity index (χ1n) is 12.8. The molecule has 0 unspecified atom stereocenters. The number of hydrogen-bond donors (Lipinski definition) is 2. The van der Waals surface area contributed by atoms with Crippen LogP contribution in [0.4, 0.5) is 11.5 Å². The predicted molar refractivity (Wildman–Crippen MR) is 145 cm³/mol. The Morgan fingerprint density at radius 1 is 1.28 bits per heavy atom. The molecule has 0 saturated heterocycles. The number of amides is 2. The molecule has 12 nitrogen and oxygen atoms in total. The summed E-state index contributed by atoms with van der Waals surface area (Å²) in [7, 11) is -2.05. The first kappa shape index (κ1) is 25.4. The SMILES string of the molecule is COC1CC(=NC(=O)c2c(N)nn3ccc(-c4cc5c(c(NS(C)(=O)=O)c4)C(=O)N([C@@H](C)C4CC4)C5)nc23)C1. The quantitative estimate of drug-likeness (QED) is 0.453. The second-order valence-electron chi connectivity index (χ2n) is 10.5. The second kappa shape index (κ2) is 9.12. The number of carbonyl (C=O) groups is 2. The number of ether oxygens (including phenoxy) is 1. The van der Waals surface area contributed by atoms with Crippen LogP contribution in [0.1, 0.15) is 58.9 Å². The molecule has 3 aliphatic rings. The molecular weight excluding hydrogens is 522 g/mol. The van der Waals surface area contributed by atoms with Gasteiger partial charge in [0, 0.05) is 50.0 Å². The Labute approximate surface area is 225 Å². The van der Waals surface area contributed by atoms with Gasteiger partial charge in [0.1, 0.15) is 5.56 Å². The van der Waals surface area contributed by atoms with Crippen molar-refractivity contribution in [2.24, 2.45) is 10.9 Å². The fourth-order valence-electron chi connectivity index (χ4n) is 5.30. The molecule has 3 heterocycles. The van der Waals surface area contributed by atoms with Gasteiger partial charge in [-0.1, -0.05) is 0 Å². The molecule has 0 bridgehead atoms. The number of aliphatic imine (C=N–C) groups is 1. The minimum absolute atomic E-state index is 0.0142. The standard InChI is InChI=1S/C26H29N7O5S/c1-13(14-4-5-14)32-12-16-8-15(9-20(21(16)26(32)35)31-39(3,36)37)19-6-7-33-24(29-19)22(23(27)30-33)25(34)28-17-10-18(11-17)38-2/h6-9,13-14,18,31H,4-5,10-12H2,1-3H3,(H2,27,30)/t13-,18?/m0/s1. The molecule has 1 aliphatic heterocycles. The van der Waals surface area contributed by atoms with E-state index in [1.807, 2.05) is 13.0 Å². The Bertz CT molecular complexity index is 1670. The second-order valence-corrected chi connectivity index (χ2v) is 12.3. The molecule has 0 radical (unpaired) electrons. The van der Waals surface area contributed by atoms with Gasteiger partial charge in [0.2, 0.25) is 10.0 Å². The van der Waals surface area contributed by atoms with Crippen LogP contribution < -0.4 is 10.5 Å². The number of anilines is 2. The van der Waals surface area contributed by atoms with Crippen molar-refractivity contribution in [1.29, 1.82) is 0 Å². The van der Waals surface area contributed by atoms with Crippen LogP contribution >= 0.6 is 0 Å². The Kier molecular flexibility index (Phi) is 5.95. The van der Waals surface area contributed by atoms with Crippen molar-refractivity contribution in [3.05, 3.63) is 41.1 Å².